The molecule has 1 amide bonds. The number of hydrogen-bond donors (Lipinski definition) is 2. The predicted octanol–water partition coefficient (Wildman–Crippen LogP) is 2.93. The van der Waals surface area contributed by atoms with Gasteiger partial charge in [0.2, 0.25) is 0 Å². The molecular weight excluding hydrogens is 290 g/mol. The molecule has 0 spiro atoms. The van der Waals surface area contributed by atoms with Crippen molar-refractivity contribution in [1.29, 1.82) is 0 Å². The van der Waals surface area contributed by atoms with Crippen LogP contribution < -0.4 is 10.6 Å². The lowest BCUT2D eigenvalue weighted by Gasteiger charge is -2.09. The standard InChI is InChI=1S/C13H9F4N3O/c1-18-12-8(2-6(14)5-19-12)13(21)20-7-3-9(15)11(17)10(16)4-7/h2-5H,1H3,(H,18,19)(H,20,21). The van der Waals surface area contributed by atoms with Crippen molar-refractivity contribution in [3.05, 3.63) is 53.2 Å². The first-order valence-electron chi connectivity index (χ1n) is 5.71. The smallest absolute Gasteiger partial charge is 0.259 e. The summed E-state index contributed by atoms with van der Waals surface area (Å²) in [5.41, 5.74) is -0.467. The van der Waals surface area contributed by atoms with E-state index in [9.17, 15) is 22.4 Å². The number of rotatable bonds is 3. The summed E-state index contributed by atoms with van der Waals surface area (Å²) < 4.78 is 52.0. The van der Waals surface area contributed by atoms with Crippen LogP contribution in [0.4, 0.5) is 29.1 Å². The molecule has 21 heavy (non-hydrogen) atoms. The molecule has 2 aromatic rings. The monoisotopic (exact) mass is 299 g/mol. The fraction of sp³-hybridized carbons (Fsp3) is 0.0769. The minimum absolute atomic E-state index is 0.0805. The molecule has 0 aliphatic rings. The van der Waals surface area contributed by atoms with Crippen molar-refractivity contribution in [2.75, 3.05) is 17.7 Å². The Morgan fingerprint density at radius 2 is 1.71 bits per heavy atom. The molecule has 8 heteroatoms. The highest BCUT2D eigenvalue weighted by Gasteiger charge is 2.16. The molecule has 1 heterocycles. The summed E-state index contributed by atoms with van der Waals surface area (Å²) in [5, 5.41) is 4.71. The van der Waals surface area contributed by atoms with Crippen LogP contribution >= 0.6 is 0 Å². The lowest BCUT2D eigenvalue weighted by atomic mass is 10.2. The van der Waals surface area contributed by atoms with E-state index in [-0.39, 0.29) is 17.1 Å². The Kier molecular flexibility index (Phi) is 4.06. The lowest BCUT2D eigenvalue weighted by Crippen LogP contribution is -2.15. The Balaban J connectivity index is 2.32. The molecule has 0 saturated heterocycles. The molecule has 0 bridgehead atoms. The maximum absolute atomic E-state index is 13.1. The van der Waals surface area contributed by atoms with Gasteiger partial charge in [-0.3, -0.25) is 4.79 Å². The quantitative estimate of drug-likeness (QED) is 0.677. The molecular formula is C13H9F4N3O. The zero-order chi connectivity index (χ0) is 15.6. The summed E-state index contributed by atoms with van der Waals surface area (Å²) in [5.74, 6) is -6.06. The van der Waals surface area contributed by atoms with Crippen molar-refractivity contribution in [2.24, 2.45) is 0 Å². The van der Waals surface area contributed by atoms with Crippen LogP contribution in [-0.4, -0.2) is 17.9 Å². The molecule has 0 saturated carbocycles. The fourth-order valence-corrected chi connectivity index (χ4v) is 1.64. The molecule has 0 aliphatic heterocycles. The number of hydrogen-bond acceptors (Lipinski definition) is 3. The van der Waals surface area contributed by atoms with Crippen LogP contribution in [0.5, 0.6) is 0 Å². The zero-order valence-electron chi connectivity index (χ0n) is 10.7. The van der Waals surface area contributed by atoms with Crippen LogP contribution in [0.1, 0.15) is 10.4 Å². The van der Waals surface area contributed by atoms with E-state index < -0.39 is 29.2 Å². The van der Waals surface area contributed by atoms with E-state index in [1.807, 2.05) is 0 Å². The summed E-state index contributed by atoms with van der Waals surface area (Å²) in [6.45, 7) is 0. The van der Waals surface area contributed by atoms with Crippen molar-refractivity contribution in [1.82, 2.24) is 4.98 Å². The van der Waals surface area contributed by atoms with Crippen LogP contribution in [0.2, 0.25) is 0 Å². The number of carbonyl (C=O) groups is 1. The molecule has 0 unspecified atom stereocenters. The molecule has 2 N–H and O–H groups in total. The summed E-state index contributed by atoms with van der Waals surface area (Å²) in [6, 6.07) is 2.13. The second-order valence-electron chi connectivity index (χ2n) is 4.01. The van der Waals surface area contributed by atoms with Crippen LogP contribution in [0.15, 0.2) is 24.4 Å². The Bertz CT molecular complexity index is 683. The average Bonchev–Trinajstić information content (AvgIpc) is 2.44. The average molecular weight is 299 g/mol. The van der Waals surface area contributed by atoms with Crippen LogP contribution in [-0.2, 0) is 0 Å². The van der Waals surface area contributed by atoms with Gasteiger partial charge < -0.3 is 10.6 Å². The van der Waals surface area contributed by atoms with E-state index in [0.717, 1.165) is 12.3 Å². The van der Waals surface area contributed by atoms with E-state index in [4.69, 9.17) is 0 Å². The number of halogens is 4. The number of nitrogens with one attached hydrogen (secondary N) is 2. The van der Waals surface area contributed by atoms with Gasteiger partial charge in [-0.2, -0.15) is 0 Å². The summed E-state index contributed by atoms with van der Waals surface area (Å²) >= 11 is 0. The first kappa shape index (κ1) is 14.8. The molecule has 1 aromatic carbocycles. The Morgan fingerprint density at radius 3 is 2.29 bits per heavy atom. The number of nitrogens with zero attached hydrogens (tertiary/aromatic N) is 1. The maximum atomic E-state index is 13.1. The van der Waals surface area contributed by atoms with Gasteiger partial charge in [-0.25, -0.2) is 22.5 Å². The number of pyridine rings is 1. The lowest BCUT2D eigenvalue weighted by molar-refractivity contribution is 0.102. The van der Waals surface area contributed by atoms with Gasteiger partial charge in [0.05, 0.1) is 11.8 Å². The van der Waals surface area contributed by atoms with Gasteiger partial charge in [0.25, 0.3) is 5.91 Å². The molecule has 110 valence electrons. The topological polar surface area (TPSA) is 54.0 Å². The zero-order valence-corrected chi connectivity index (χ0v) is 10.7. The summed E-state index contributed by atoms with van der Waals surface area (Å²) in [4.78, 5) is 15.6. The summed E-state index contributed by atoms with van der Waals surface area (Å²) in [7, 11) is 1.47. The number of anilines is 2. The van der Waals surface area contributed by atoms with E-state index in [0.29, 0.717) is 12.1 Å². The van der Waals surface area contributed by atoms with Gasteiger partial charge in [0, 0.05) is 24.9 Å². The Hall–Kier alpha value is -2.64. The van der Waals surface area contributed by atoms with E-state index in [1.54, 1.807) is 0 Å². The SMILES string of the molecule is CNc1ncc(F)cc1C(=O)Nc1cc(F)c(F)c(F)c1. The van der Waals surface area contributed by atoms with E-state index >= 15 is 0 Å². The van der Waals surface area contributed by atoms with Gasteiger partial charge in [-0.15, -0.1) is 0 Å². The van der Waals surface area contributed by atoms with Crippen LogP contribution in [0, 0.1) is 23.3 Å². The molecule has 4 nitrogen and oxygen atoms in total. The number of carbonyl (C=O) groups excluding carboxylic acids is 1. The first-order chi connectivity index (χ1) is 9.92. The first-order valence-corrected chi connectivity index (χ1v) is 5.71. The predicted molar refractivity (Wildman–Crippen MR) is 68.0 cm³/mol. The third-order valence-corrected chi connectivity index (χ3v) is 2.58. The van der Waals surface area contributed by atoms with Crippen molar-refractivity contribution in [3.8, 4) is 0 Å². The second kappa shape index (κ2) is 5.78. The Labute approximate surface area is 116 Å². The third-order valence-electron chi connectivity index (χ3n) is 2.58. The largest absolute Gasteiger partial charge is 0.372 e. The molecule has 1 aromatic heterocycles. The molecule has 0 radical (unpaired) electrons. The highest BCUT2D eigenvalue weighted by molar-refractivity contribution is 6.07. The molecule has 0 aliphatic carbocycles. The highest BCUT2D eigenvalue weighted by atomic mass is 19.2. The van der Waals surface area contributed by atoms with Gasteiger partial charge in [-0.05, 0) is 6.07 Å². The van der Waals surface area contributed by atoms with Gasteiger partial charge in [0.15, 0.2) is 17.5 Å². The normalized spacial score (nSPS) is 10.3. The van der Waals surface area contributed by atoms with Crippen molar-refractivity contribution in [2.45, 2.75) is 0 Å². The summed E-state index contributed by atoms with van der Waals surface area (Å²) in [6.07, 6.45) is 0.903. The molecule has 0 atom stereocenters. The van der Waals surface area contributed by atoms with E-state index in [1.165, 1.54) is 7.05 Å². The third kappa shape index (κ3) is 3.10. The van der Waals surface area contributed by atoms with Gasteiger partial charge in [-0.1, -0.05) is 0 Å². The van der Waals surface area contributed by atoms with Crippen molar-refractivity contribution in [3.63, 3.8) is 0 Å². The number of benzene rings is 1. The minimum Gasteiger partial charge on any atom is -0.372 e. The van der Waals surface area contributed by atoms with Gasteiger partial charge >= 0.3 is 0 Å². The number of aromatic nitrogens is 1. The Morgan fingerprint density at radius 1 is 1.10 bits per heavy atom. The van der Waals surface area contributed by atoms with E-state index in [2.05, 4.69) is 15.6 Å². The molecule has 2 rings (SSSR count). The number of amides is 1. The maximum Gasteiger partial charge on any atom is 0.259 e. The fourth-order valence-electron chi connectivity index (χ4n) is 1.64. The minimum atomic E-state index is -1.64. The van der Waals surface area contributed by atoms with Crippen molar-refractivity contribution < 1.29 is 22.4 Å². The van der Waals surface area contributed by atoms with Crippen LogP contribution in [0.25, 0.3) is 0 Å². The van der Waals surface area contributed by atoms with Crippen molar-refractivity contribution >= 4 is 17.4 Å². The second-order valence-corrected chi connectivity index (χ2v) is 4.01. The highest BCUT2D eigenvalue weighted by Crippen LogP contribution is 2.20. The molecule has 0 fully saturated rings. The van der Waals surface area contributed by atoms with Crippen LogP contribution in [0.3, 0.4) is 0 Å². The van der Waals surface area contributed by atoms with Gasteiger partial charge in [0.1, 0.15) is 11.6 Å².